The maximum atomic E-state index is 12.9. The smallest absolute Gasteiger partial charge is 0.338 e. The third-order valence-corrected chi connectivity index (χ3v) is 6.11. The van der Waals surface area contributed by atoms with Gasteiger partial charge in [0, 0.05) is 23.1 Å². The summed E-state index contributed by atoms with van der Waals surface area (Å²) in [6.07, 6.45) is 2.25. The van der Waals surface area contributed by atoms with Gasteiger partial charge in [-0.25, -0.2) is 4.79 Å². The zero-order valence-corrected chi connectivity index (χ0v) is 17.0. The maximum absolute atomic E-state index is 12.9. The van der Waals surface area contributed by atoms with Gasteiger partial charge in [-0.1, -0.05) is 18.2 Å². The molecule has 28 heavy (non-hydrogen) atoms. The number of halogens is 2. The Bertz CT molecular complexity index is 963. The Kier molecular flexibility index (Phi) is 5.98. The fraction of sp³-hybridized carbons (Fsp3) is 0.263. The third-order valence-electron chi connectivity index (χ3n) is 4.40. The molecular formula is C19H15Cl2NO5S. The lowest BCUT2D eigenvalue weighted by Gasteiger charge is -2.10. The zero-order valence-electron chi connectivity index (χ0n) is 14.7. The second-order valence-corrected chi connectivity index (χ2v) is 8.67. The average molecular weight is 440 g/mol. The molecule has 0 amide bonds. The van der Waals surface area contributed by atoms with Crippen LogP contribution in [-0.4, -0.2) is 33.9 Å². The summed E-state index contributed by atoms with van der Waals surface area (Å²) in [5.41, 5.74) is 0.150. The van der Waals surface area contributed by atoms with E-state index in [9.17, 15) is 19.7 Å². The van der Waals surface area contributed by atoms with Gasteiger partial charge in [0.15, 0.2) is 5.78 Å². The fourth-order valence-corrected chi connectivity index (χ4v) is 3.74. The van der Waals surface area contributed by atoms with E-state index < -0.39 is 21.0 Å². The molecule has 0 bridgehead atoms. The summed E-state index contributed by atoms with van der Waals surface area (Å²) < 4.78 is 4.37. The lowest BCUT2D eigenvalue weighted by Crippen LogP contribution is -2.15. The van der Waals surface area contributed by atoms with Crippen LogP contribution in [0.15, 0.2) is 47.4 Å². The van der Waals surface area contributed by atoms with Crippen LogP contribution in [0.2, 0.25) is 0 Å². The molecule has 9 heteroatoms. The number of rotatable bonds is 7. The van der Waals surface area contributed by atoms with Crippen LogP contribution >= 0.6 is 35.0 Å². The number of ketones is 1. The standard InChI is InChI=1S/C19H15Cl2NO5S/c1-28-16-7-6-11(8-15(16)22(25)26)17(23)13-4-2-3-5-14(13)18(24)27-10-12-9-19(12,20)21/h2-8,12H,9-10H2,1H3. The molecule has 3 rings (SSSR count). The highest BCUT2D eigenvalue weighted by molar-refractivity contribution is 7.98. The van der Waals surface area contributed by atoms with E-state index >= 15 is 0 Å². The first-order valence-electron chi connectivity index (χ1n) is 8.25. The van der Waals surface area contributed by atoms with E-state index in [4.69, 9.17) is 27.9 Å². The van der Waals surface area contributed by atoms with Crippen molar-refractivity contribution in [1.29, 1.82) is 0 Å². The Morgan fingerprint density at radius 1 is 1.25 bits per heavy atom. The molecule has 0 radical (unpaired) electrons. The molecule has 1 saturated carbocycles. The summed E-state index contributed by atoms with van der Waals surface area (Å²) >= 11 is 13.1. The summed E-state index contributed by atoms with van der Waals surface area (Å²) in [5, 5.41) is 11.3. The summed E-state index contributed by atoms with van der Waals surface area (Å²) in [6.45, 7) is 0.0578. The molecule has 0 heterocycles. The number of nitrogens with zero attached hydrogens (tertiary/aromatic N) is 1. The number of benzene rings is 2. The van der Waals surface area contributed by atoms with E-state index in [2.05, 4.69) is 0 Å². The highest BCUT2D eigenvalue weighted by Crippen LogP contribution is 2.53. The topological polar surface area (TPSA) is 86.5 Å². The number of ether oxygens (including phenoxy) is 1. The molecule has 6 nitrogen and oxygen atoms in total. The number of carbonyl (C=O) groups excluding carboxylic acids is 2. The van der Waals surface area contributed by atoms with Gasteiger partial charge < -0.3 is 4.74 Å². The van der Waals surface area contributed by atoms with Gasteiger partial charge in [0.05, 0.1) is 22.0 Å². The lowest BCUT2D eigenvalue weighted by atomic mass is 9.98. The van der Waals surface area contributed by atoms with Gasteiger partial charge in [0.25, 0.3) is 5.69 Å². The van der Waals surface area contributed by atoms with E-state index in [1.165, 1.54) is 42.1 Å². The van der Waals surface area contributed by atoms with E-state index in [-0.39, 0.29) is 34.9 Å². The van der Waals surface area contributed by atoms with Crippen molar-refractivity contribution in [2.75, 3.05) is 12.9 Å². The Balaban J connectivity index is 1.86. The van der Waals surface area contributed by atoms with Gasteiger partial charge in [0.1, 0.15) is 4.33 Å². The molecule has 2 aromatic rings. The van der Waals surface area contributed by atoms with Crippen LogP contribution in [0.1, 0.15) is 32.7 Å². The number of carbonyl (C=O) groups is 2. The number of esters is 1. The summed E-state index contributed by atoms with van der Waals surface area (Å²) in [6, 6.07) is 10.4. The predicted octanol–water partition coefficient (Wildman–Crippen LogP) is 4.90. The van der Waals surface area contributed by atoms with Crippen LogP contribution in [-0.2, 0) is 4.74 Å². The SMILES string of the molecule is CSc1ccc(C(=O)c2ccccc2C(=O)OCC2CC2(Cl)Cl)cc1[N+](=O)[O-]. The van der Waals surface area contributed by atoms with E-state index in [0.29, 0.717) is 11.3 Å². The number of hydrogen-bond acceptors (Lipinski definition) is 6. The summed E-state index contributed by atoms with van der Waals surface area (Å²) in [7, 11) is 0. The third kappa shape index (κ3) is 4.32. The van der Waals surface area contributed by atoms with Gasteiger partial charge in [0.2, 0.25) is 0 Å². The number of thioether (sulfide) groups is 1. The van der Waals surface area contributed by atoms with Gasteiger partial charge in [-0.2, -0.15) is 0 Å². The molecule has 1 atom stereocenters. The summed E-state index contributed by atoms with van der Waals surface area (Å²) in [5.74, 6) is -1.31. The van der Waals surface area contributed by atoms with Crippen LogP contribution < -0.4 is 0 Å². The van der Waals surface area contributed by atoms with Crippen molar-refractivity contribution in [3.05, 3.63) is 69.3 Å². The van der Waals surface area contributed by atoms with Crippen LogP contribution in [0, 0.1) is 16.0 Å². The first kappa shape index (κ1) is 20.6. The molecule has 1 aliphatic rings. The molecule has 1 unspecified atom stereocenters. The first-order chi connectivity index (χ1) is 13.2. The normalized spacial score (nSPS) is 17.0. The van der Waals surface area contributed by atoms with Crippen molar-refractivity contribution < 1.29 is 19.2 Å². The van der Waals surface area contributed by atoms with Gasteiger partial charge in [-0.05, 0) is 30.9 Å². The molecule has 146 valence electrons. The van der Waals surface area contributed by atoms with Gasteiger partial charge in [-0.15, -0.1) is 35.0 Å². The Morgan fingerprint density at radius 3 is 2.46 bits per heavy atom. The fourth-order valence-electron chi connectivity index (χ4n) is 2.69. The average Bonchev–Trinajstić information content (AvgIpc) is 3.31. The van der Waals surface area contributed by atoms with Crippen molar-refractivity contribution in [3.63, 3.8) is 0 Å². The van der Waals surface area contributed by atoms with E-state index in [0.717, 1.165) is 0 Å². The molecule has 0 aliphatic heterocycles. The van der Waals surface area contributed by atoms with Crippen molar-refractivity contribution in [1.82, 2.24) is 0 Å². The highest BCUT2D eigenvalue weighted by atomic mass is 35.5. The van der Waals surface area contributed by atoms with Gasteiger partial charge >= 0.3 is 5.97 Å². The molecular weight excluding hydrogens is 425 g/mol. The number of alkyl halides is 2. The minimum atomic E-state index is -0.867. The quantitative estimate of drug-likeness (QED) is 0.152. The van der Waals surface area contributed by atoms with Crippen LogP contribution in [0.4, 0.5) is 5.69 Å². The zero-order chi connectivity index (χ0) is 20.5. The van der Waals surface area contributed by atoms with Crippen molar-refractivity contribution >= 4 is 52.4 Å². The molecule has 2 aromatic carbocycles. The van der Waals surface area contributed by atoms with E-state index in [1.807, 2.05) is 0 Å². The number of nitro groups is 1. The lowest BCUT2D eigenvalue weighted by molar-refractivity contribution is -0.387. The largest absolute Gasteiger partial charge is 0.462 e. The minimum Gasteiger partial charge on any atom is -0.462 e. The molecule has 0 saturated heterocycles. The Labute approximate surface area is 175 Å². The maximum Gasteiger partial charge on any atom is 0.338 e. The first-order valence-corrected chi connectivity index (χ1v) is 10.2. The summed E-state index contributed by atoms with van der Waals surface area (Å²) in [4.78, 5) is 36.5. The molecule has 0 spiro atoms. The second kappa shape index (κ2) is 8.11. The van der Waals surface area contributed by atoms with Gasteiger partial charge in [-0.3, -0.25) is 14.9 Å². The monoisotopic (exact) mass is 439 g/mol. The molecule has 1 fully saturated rings. The van der Waals surface area contributed by atoms with E-state index in [1.54, 1.807) is 18.4 Å². The minimum absolute atomic E-state index is 0.0578. The Morgan fingerprint density at radius 2 is 1.89 bits per heavy atom. The predicted molar refractivity (Wildman–Crippen MR) is 108 cm³/mol. The van der Waals surface area contributed by atoms with Crippen LogP contribution in [0.25, 0.3) is 0 Å². The highest BCUT2D eigenvalue weighted by Gasteiger charge is 2.52. The van der Waals surface area contributed by atoms with Crippen LogP contribution in [0.5, 0.6) is 0 Å². The molecule has 0 N–H and O–H groups in total. The molecule has 0 aromatic heterocycles. The second-order valence-electron chi connectivity index (χ2n) is 6.28. The van der Waals surface area contributed by atoms with Crippen molar-refractivity contribution in [3.8, 4) is 0 Å². The van der Waals surface area contributed by atoms with Crippen LogP contribution in [0.3, 0.4) is 0 Å². The Hall–Kier alpha value is -2.09. The molecule has 1 aliphatic carbocycles. The number of nitro benzene ring substituents is 1. The number of hydrogen-bond donors (Lipinski definition) is 0. The van der Waals surface area contributed by atoms with Crippen molar-refractivity contribution in [2.45, 2.75) is 15.6 Å². The van der Waals surface area contributed by atoms with Crippen molar-refractivity contribution in [2.24, 2.45) is 5.92 Å².